The summed E-state index contributed by atoms with van der Waals surface area (Å²) in [6.45, 7) is 5.48. The van der Waals surface area contributed by atoms with Crippen molar-refractivity contribution in [1.29, 1.82) is 0 Å². The highest BCUT2D eigenvalue weighted by molar-refractivity contribution is 5.91. The number of H-pyrrole nitrogens is 1. The molecule has 11 nitrogen and oxygen atoms in total. The van der Waals surface area contributed by atoms with Gasteiger partial charge in [-0.05, 0) is 74.2 Å². The molecule has 230 valence electrons. The predicted octanol–water partition coefficient (Wildman–Crippen LogP) is 6.38. The quantitative estimate of drug-likeness (QED) is 0.186. The Morgan fingerprint density at radius 2 is 1.73 bits per heavy atom. The molecule has 0 bridgehead atoms. The van der Waals surface area contributed by atoms with Crippen LogP contribution in [0, 0.1) is 0 Å². The fourth-order valence-corrected chi connectivity index (χ4v) is 5.60. The maximum Gasteiger partial charge on any atom is 0.408 e. The first-order valence-corrected chi connectivity index (χ1v) is 14.9. The highest BCUT2D eigenvalue weighted by Gasteiger charge is 2.38. The van der Waals surface area contributed by atoms with Crippen LogP contribution in [0.5, 0.6) is 0 Å². The van der Waals surface area contributed by atoms with Gasteiger partial charge < -0.3 is 29.7 Å². The summed E-state index contributed by atoms with van der Waals surface area (Å²) in [5.74, 6) is 0.318. The van der Waals surface area contributed by atoms with Crippen LogP contribution >= 0.6 is 0 Å². The molecule has 3 amide bonds. The van der Waals surface area contributed by atoms with E-state index in [1.165, 1.54) is 6.92 Å². The molecule has 0 aliphatic carbocycles. The second-order valence-corrected chi connectivity index (χ2v) is 11.3. The number of carbonyl (C=O) groups is 3. The number of carbonyl (C=O) groups excluding carboxylic acids is 3. The summed E-state index contributed by atoms with van der Waals surface area (Å²) in [5, 5.41) is 15.2. The molecule has 45 heavy (non-hydrogen) atoms. The summed E-state index contributed by atoms with van der Waals surface area (Å²) in [7, 11) is 0. The van der Waals surface area contributed by atoms with Crippen molar-refractivity contribution in [3.63, 3.8) is 0 Å². The molecule has 0 spiro atoms. The Bertz CT molecular complexity index is 1830. The van der Waals surface area contributed by atoms with Gasteiger partial charge in [0.2, 0.25) is 17.7 Å². The zero-order valence-electron chi connectivity index (χ0n) is 25.2. The molecule has 5 aromatic rings. The van der Waals surface area contributed by atoms with Crippen molar-refractivity contribution in [2.75, 3.05) is 11.9 Å². The van der Waals surface area contributed by atoms with Gasteiger partial charge in [-0.2, -0.15) is 0 Å². The Hall–Kier alpha value is -5.45. The minimum Gasteiger partial charge on any atom is -0.447 e. The van der Waals surface area contributed by atoms with Crippen LogP contribution in [0.1, 0.15) is 57.2 Å². The van der Waals surface area contributed by atoms with Gasteiger partial charge in [-0.3, -0.25) is 9.59 Å². The average Bonchev–Trinajstić information content (AvgIpc) is 3.79. The third-order valence-corrected chi connectivity index (χ3v) is 7.63. The Balaban J connectivity index is 1.21. The number of rotatable bonds is 8. The summed E-state index contributed by atoms with van der Waals surface area (Å²) >= 11 is 0. The number of anilines is 1. The number of fused-ring (bicyclic) bond motifs is 1. The topological polar surface area (TPSA) is 142 Å². The smallest absolute Gasteiger partial charge is 0.408 e. The van der Waals surface area contributed by atoms with Crippen LogP contribution < -0.4 is 10.6 Å². The number of aromatic nitrogens is 3. The van der Waals surface area contributed by atoms with Crippen molar-refractivity contribution >= 4 is 34.5 Å². The van der Waals surface area contributed by atoms with E-state index in [9.17, 15) is 14.4 Å². The zero-order valence-corrected chi connectivity index (χ0v) is 25.2. The fourth-order valence-electron chi connectivity index (χ4n) is 5.60. The minimum atomic E-state index is -0.924. The Morgan fingerprint density at radius 1 is 0.978 bits per heavy atom. The molecule has 11 heteroatoms. The molecule has 3 heterocycles. The van der Waals surface area contributed by atoms with Gasteiger partial charge in [0.1, 0.15) is 12.1 Å². The Morgan fingerprint density at radius 3 is 2.47 bits per heavy atom. The fraction of sp³-hybridized carbons (Fsp3) is 0.265. The lowest BCUT2D eigenvalue weighted by Gasteiger charge is -2.28. The van der Waals surface area contributed by atoms with E-state index >= 15 is 0 Å². The standard InChI is InChI=1S/C34H34N6O5/c1-20(2)44-34(43)37-30(23-8-5-4-6-9-23)33(42)40-17-7-10-29(40)32-39-38-31(45-32)24-13-16-27-25(18-24)19-28(36-27)22-11-14-26(15-12-22)35-21(3)41/h4-6,8-9,11-16,18-20,29-30,36H,7,10,17H2,1-3H3,(H,35,41)(H,37,43)/t29-,30+/m0/s1. The highest BCUT2D eigenvalue weighted by Crippen LogP contribution is 2.36. The van der Waals surface area contributed by atoms with Crippen LogP contribution in [0.4, 0.5) is 10.5 Å². The predicted molar refractivity (Wildman–Crippen MR) is 169 cm³/mol. The molecule has 1 aliphatic heterocycles. The van der Waals surface area contributed by atoms with Gasteiger partial charge in [0.15, 0.2) is 0 Å². The maximum absolute atomic E-state index is 13.9. The van der Waals surface area contributed by atoms with Crippen molar-refractivity contribution in [1.82, 2.24) is 25.4 Å². The largest absolute Gasteiger partial charge is 0.447 e. The monoisotopic (exact) mass is 606 g/mol. The van der Waals surface area contributed by atoms with Crippen molar-refractivity contribution < 1.29 is 23.5 Å². The molecular formula is C34H34N6O5. The number of nitrogens with zero attached hydrogens (tertiary/aromatic N) is 3. The second-order valence-electron chi connectivity index (χ2n) is 11.3. The molecular weight excluding hydrogens is 572 g/mol. The minimum absolute atomic E-state index is 0.116. The van der Waals surface area contributed by atoms with E-state index in [2.05, 4.69) is 25.8 Å². The molecule has 0 unspecified atom stereocenters. The summed E-state index contributed by atoms with van der Waals surface area (Å²) in [5.41, 5.74) is 5.00. The molecule has 2 atom stereocenters. The lowest BCUT2D eigenvalue weighted by Crippen LogP contribution is -2.43. The van der Waals surface area contributed by atoms with E-state index in [-0.39, 0.29) is 17.9 Å². The normalized spacial score (nSPS) is 15.3. The van der Waals surface area contributed by atoms with E-state index in [0.29, 0.717) is 30.3 Å². The van der Waals surface area contributed by atoms with Crippen LogP contribution in [0.15, 0.2) is 83.3 Å². The Labute approximate surface area is 260 Å². The number of hydrogen-bond acceptors (Lipinski definition) is 7. The van der Waals surface area contributed by atoms with E-state index in [1.807, 2.05) is 66.7 Å². The van der Waals surface area contributed by atoms with E-state index < -0.39 is 18.2 Å². The van der Waals surface area contributed by atoms with Crippen LogP contribution in [0.25, 0.3) is 33.6 Å². The number of likely N-dealkylation sites (tertiary alicyclic amines) is 1. The van der Waals surface area contributed by atoms with Crippen molar-refractivity contribution in [2.24, 2.45) is 0 Å². The molecule has 2 aromatic heterocycles. The van der Waals surface area contributed by atoms with Crippen molar-refractivity contribution in [2.45, 2.75) is 51.8 Å². The van der Waals surface area contributed by atoms with E-state index in [0.717, 1.165) is 39.8 Å². The van der Waals surface area contributed by atoms with Gasteiger partial charge in [-0.25, -0.2) is 4.79 Å². The molecule has 1 aliphatic rings. The highest BCUT2D eigenvalue weighted by atomic mass is 16.6. The molecule has 6 rings (SSSR count). The van der Waals surface area contributed by atoms with Crippen molar-refractivity contribution in [3.8, 4) is 22.7 Å². The zero-order chi connectivity index (χ0) is 31.5. The molecule has 0 radical (unpaired) electrons. The Kier molecular flexibility index (Phi) is 8.33. The molecule has 3 aromatic carbocycles. The first-order chi connectivity index (χ1) is 21.7. The molecule has 1 saturated heterocycles. The first kappa shape index (κ1) is 29.6. The van der Waals surface area contributed by atoms with Crippen LogP contribution in [0.3, 0.4) is 0 Å². The first-order valence-electron chi connectivity index (χ1n) is 14.9. The summed E-state index contributed by atoms with van der Waals surface area (Å²) < 4.78 is 11.4. The third kappa shape index (κ3) is 6.57. The average molecular weight is 607 g/mol. The van der Waals surface area contributed by atoms with Gasteiger partial charge in [-0.1, -0.05) is 42.5 Å². The summed E-state index contributed by atoms with van der Waals surface area (Å²) in [6, 6.07) is 23.3. The number of ether oxygens (including phenoxy) is 1. The van der Waals surface area contributed by atoms with Crippen LogP contribution in [-0.4, -0.2) is 50.6 Å². The molecule has 3 N–H and O–H groups in total. The number of alkyl carbamates (subject to hydrolysis) is 1. The van der Waals surface area contributed by atoms with Gasteiger partial charge >= 0.3 is 6.09 Å². The van der Waals surface area contributed by atoms with Crippen molar-refractivity contribution in [3.05, 3.63) is 90.3 Å². The lowest BCUT2D eigenvalue weighted by atomic mass is 10.1. The van der Waals surface area contributed by atoms with Gasteiger partial charge in [0.25, 0.3) is 5.91 Å². The van der Waals surface area contributed by atoms with Gasteiger partial charge in [0.05, 0.1) is 6.10 Å². The number of amides is 3. The molecule has 1 fully saturated rings. The SMILES string of the molecule is CC(=O)Nc1ccc(-c2cc3cc(-c4nnc([C@@H]5CCCN5C(=O)[C@H](NC(=O)OC(C)C)c5ccccc5)o4)ccc3[nH]2)cc1. The number of hydrogen-bond donors (Lipinski definition) is 3. The van der Waals surface area contributed by atoms with E-state index in [4.69, 9.17) is 9.15 Å². The number of nitrogens with one attached hydrogen (secondary N) is 3. The van der Waals surface area contributed by atoms with Crippen LogP contribution in [-0.2, 0) is 14.3 Å². The maximum atomic E-state index is 13.9. The second kappa shape index (κ2) is 12.7. The molecule has 0 saturated carbocycles. The van der Waals surface area contributed by atoms with Crippen LogP contribution in [0.2, 0.25) is 0 Å². The summed E-state index contributed by atoms with van der Waals surface area (Å²) in [4.78, 5) is 42.9. The lowest BCUT2D eigenvalue weighted by molar-refractivity contribution is -0.135. The van der Waals surface area contributed by atoms with Gasteiger partial charge in [-0.15, -0.1) is 10.2 Å². The third-order valence-electron chi connectivity index (χ3n) is 7.63. The number of aromatic amines is 1. The summed E-state index contributed by atoms with van der Waals surface area (Å²) in [6.07, 6.45) is 0.434. The van der Waals surface area contributed by atoms with Gasteiger partial charge in [0, 0.05) is 41.3 Å². The number of benzene rings is 3. The van der Waals surface area contributed by atoms with E-state index in [1.54, 1.807) is 30.9 Å².